The summed E-state index contributed by atoms with van der Waals surface area (Å²) >= 11 is 0. The Morgan fingerprint density at radius 2 is 1.74 bits per heavy atom. The molecule has 0 radical (unpaired) electrons. The maximum absolute atomic E-state index is 13.3. The average Bonchev–Trinajstić information content (AvgIpc) is 3.57. The molecule has 0 amide bonds. The molecule has 1 saturated carbocycles. The third-order valence-corrected chi connectivity index (χ3v) is 7.96. The van der Waals surface area contributed by atoms with E-state index in [0.29, 0.717) is 43.6 Å². The van der Waals surface area contributed by atoms with Gasteiger partial charge in [-0.1, -0.05) is 0 Å². The van der Waals surface area contributed by atoms with Crippen molar-refractivity contribution >= 4 is 21.4 Å². The summed E-state index contributed by atoms with van der Waals surface area (Å²) in [5.41, 5.74) is 3.19. The number of nitrogens with zero attached hydrogens (tertiary/aromatic N) is 4. The van der Waals surface area contributed by atoms with E-state index < -0.39 is 10.0 Å². The molecule has 9 heteroatoms. The Kier molecular flexibility index (Phi) is 5.02. The van der Waals surface area contributed by atoms with Gasteiger partial charge in [0.05, 0.1) is 25.6 Å². The van der Waals surface area contributed by atoms with E-state index in [1.54, 1.807) is 12.1 Å². The van der Waals surface area contributed by atoms with Gasteiger partial charge in [0.2, 0.25) is 10.0 Å². The monoisotopic (exact) mass is 442 g/mol. The van der Waals surface area contributed by atoms with Crippen LogP contribution in [0, 0.1) is 0 Å². The Hall–Kier alpha value is -2.78. The number of methoxy groups -OCH3 is 2. The molecule has 1 aliphatic carbocycles. The lowest BCUT2D eigenvalue weighted by Crippen LogP contribution is -2.48. The van der Waals surface area contributed by atoms with E-state index in [4.69, 9.17) is 14.5 Å². The number of benzene rings is 1. The van der Waals surface area contributed by atoms with Crippen molar-refractivity contribution in [3.8, 4) is 11.5 Å². The Morgan fingerprint density at radius 3 is 2.42 bits per heavy atom. The number of anilines is 1. The summed E-state index contributed by atoms with van der Waals surface area (Å²) in [6.07, 6.45) is 6.66. The minimum absolute atomic E-state index is 0.134. The Labute approximate surface area is 182 Å². The van der Waals surface area contributed by atoms with Crippen LogP contribution < -0.4 is 14.4 Å². The zero-order valence-electron chi connectivity index (χ0n) is 17.7. The number of sulfonamides is 1. The second-order valence-corrected chi connectivity index (χ2v) is 9.91. The number of ether oxygens (including phenoxy) is 2. The molecule has 1 aromatic carbocycles. The van der Waals surface area contributed by atoms with Gasteiger partial charge < -0.3 is 18.8 Å². The van der Waals surface area contributed by atoms with Gasteiger partial charge in [0.15, 0.2) is 0 Å². The number of hydrogen-bond donors (Lipinski definition) is 0. The number of piperazine rings is 1. The van der Waals surface area contributed by atoms with Crippen LogP contribution in [0.2, 0.25) is 0 Å². The Bertz CT molecular complexity index is 1210. The topological polar surface area (TPSA) is 76.4 Å². The number of hydrogen-bond acceptors (Lipinski definition) is 6. The lowest BCUT2D eigenvalue weighted by Gasteiger charge is -2.35. The highest BCUT2D eigenvalue weighted by Gasteiger charge is 2.32. The Morgan fingerprint density at radius 1 is 0.968 bits per heavy atom. The van der Waals surface area contributed by atoms with Crippen molar-refractivity contribution in [1.29, 1.82) is 0 Å². The van der Waals surface area contributed by atoms with Crippen LogP contribution in [0.5, 0.6) is 11.5 Å². The van der Waals surface area contributed by atoms with Crippen molar-refractivity contribution in [2.24, 2.45) is 0 Å². The first-order chi connectivity index (χ1) is 15.0. The van der Waals surface area contributed by atoms with Crippen LogP contribution in [0.15, 0.2) is 47.6 Å². The average molecular weight is 443 g/mol. The fourth-order valence-corrected chi connectivity index (χ4v) is 5.67. The molecule has 1 aliphatic heterocycles. The van der Waals surface area contributed by atoms with Crippen molar-refractivity contribution < 1.29 is 17.9 Å². The molecule has 0 spiro atoms. The second-order valence-electron chi connectivity index (χ2n) is 8.00. The minimum atomic E-state index is -3.69. The van der Waals surface area contributed by atoms with Crippen molar-refractivity contribution in [3.63, 3.8) is 0 Å². The lowest BCUT2D eigenvalue weighted by atomic mass is 10.3. The van der Waals surface area contributed by atoms with E-state index in [9.17, 15) is 8.42 Å². The van der Waals surface area contributed by atoms with E-state index in [0.717, 1.165) is 11.3 Å². The van der Waals surface area contributed by atoms with Crippen LogP contribution in [0.4, 0.5) is 5.69 Å². The largest absolute Gasteiger partial charge is 0.497 e. The van der Waals surface area contributed by atoms with Gasteiger partial charge >= 0.3 is 0 Å². The molecule has 1 saturated heterocycles. The number of imidazole rings is 1. The van der Waals surface area contributed by atoms with E-state index >= 15 is 0 Å². The first-order valence-corrected chi connectivity index (χ1v) is 11.9. The predicted molar refractivity (Wildman–Crippen MR) is 118 cm³/mol. The van der Waals surface area contributed by atoms with Crippen LogP contribution in [0.1, 0.15) is 24.5 Å². The first kappa shape index (κ1) is 20.1. The number of fused-ring (bicyclic) bond motifs is 1. The summed E-state index contributed by atoms with van der Waals surface area (Å²) in [5, 5.41) is 0. The highest BCUT2D eigenvalue weighted by atomic mass is 32.2. The molecule has 164 valence electrons. The maximum atomic E-state index is 13.3. The van der Waals surface area contributed by atoms with Crippen molar-refractivity contribution in [3.05, 3.63) is 48.4 Å². The highest BCUT2D eigenvalue weighted by molar-refractivity contribution is 7.89. The van der Waals surface area contributed by atoms with Crippen molar-refractivity contribution in [2.45, 2.75) is 23.7 Å². The molecule has 2 fully saturated rings. The number of rotatable bonds is 6. The van der Waals surface area contributed by atoms with Crippen LogP contribution in [-0.2, 0) is 10.0 Å². The normalized spacial score (nSPS) is 17.8. The molecule has 0 bridgehead atoms. The molecule has 0 N–H and O–H groups in total. The van der Waals surface area contributed by atoms with Gasteiger partial charge in [-0.25, -0.2) is 13.4 Å². The van der Waals surface area contributed by atoms with E-state index in [2.05, 4.69) is 27.8 Å². The van der Waals surface area contributed by atoms with Crippen LogP contribution >= 0.6 is 0 Å². The van der Waals surface area contributed by atoms with Gasteiger partial charge in [-0.05, 0) is 37.1 Å². The first-order valence-electron chi connectivity index (χ1n) is 10.5. The summed E-state index contributed by atoms with van der Waals surface area (Å²) in [5.74, 6) is 1.42. The zero-order valence-corrected chi connectivity index (χ0v) is 18.5. The van der Waals surface area contributed by atoms with Crippen molar-refractivity contribution in [1.82, 2.24) is 13.7 Å². The molecule has 3 aromatic rings. The van der Waals surface area contributed by atoms with Gasteiger partial charge in [0, 0.05) is 50.6 Å². The van der Waals surface area contributed by atoms with Gasteiger partial charge in [-0.2, -0.15) is 4.31 Å². The molecule has 2 aromatic heterocycles. The van der Waals surface area contributed by atoms with Crippen LogP contribution in [0.3, 0.4) is 0 Å². The third kappa shape index (κ3) is 3.72. The van der Waals surface area contributed by atoms with E-state index in [1.165, 1.54) is 43.1 Å². The molecule has 3 heterocycles. The molecular formula is C22H26N4O4S. The molecule has 31 heavy (non-hydrogen) atoms. The summed E-state index contributed by atoms with van der Waals surface area (Å²) in [7, 11) is -0.703. The summed E-state index contributed by atoms with van der Waals surface area (Å²) in [6.45, 7) is 2.03. The highest BCUT2D eigenvalue weighted by Crippen LogP contribution is 2.39. The third-order valence-electron chi connectivity index (χ3n) is 6.04. The van der Waals surface area contributed by atoms with Crippen LogP contribution in [0.25, 0.3) is 5.65 Å². The van der Waals surface area contributed by atoms with Gasteiger partial charge in [-0.3, -0.25) is 0 Å². The predicted octanol–water partition coefficient (Wildman–Crippen LogP) is 2.74. The fourth-order valence-electron chi connectivity index (χ4n) is 4.07. The molecule has 5 rings (SSSR count). The lowest BCUT2D eigenvalue weighted by molar-refractivity contribution is 0.370. The van der Waals surface area contributed by atoms with Gasteiger partial charge in [0.1, 0.15) is 22.0 Å². The molecule has 0 atom stereocenters. The van der Waals surface area contributed by atoms with E-state index in [1.807, 2.05) is 6.07 Å². The SMILES string of the molecule is COc1ccc(OC)c(S(=O)(=O)N2CCN(c3ccc4nc(C5CC5)cn4c3)CC2)c1. The van der Waals surface area contributed by atoms with E-state index in [-0.39, 0.29) is 4.90 Å². The minimum Gasteiger partial charge on any atom is -0.497 e. The zero-order chi connectivity index (χ0) is 21.6. The van der Waals surface area contributed by atoms with Gasteiger partial charge in [-0.15, -0.1) is 0 Å². The maximum Gasteiger partial charge on any atom is 0.247 e. The number of pyridine rings is 1. The quantitative estimate of drug-likeness (QED) is 0.584. The second kappa shape index (κ2) is 7.72. The molecule has 2 aliphatic rings. The summed E-state index contributed by atoms with van der Waals surface area (Å²) < 4.78 is 40.7. The molecule has 0 unspecified atom stereocenters. The van der Waals surface area contributed by atoms with Gasteiger partial charge in [0.25, 0.3) is 0 Å². The fraction of sp³-hybridized carbons (Fsp3) is 0.409. The van der Waals surface area contributed by atoms with Crippen LogP contribution in [-0.4, -0.2) is 62.5 Å². The number of aromatic nitrogens is 2. The Balaban J connectivity index is 1.33. The standard InChI is InChI=1S/C22H26N4O4S/c1-29-18-6-7-20(30-2)21(13-18)31(27,28)26-11-9-24(10-12-26)17-5-8-22-23-19(16-3-4-16)15-25(22)14-17/h5-8,13-16H,3-4,9-12H2,1-2H3. The molecule has 8 nitrogen and oxygen atoms in total. The van der Waals surface area contributed by atoms with Crippen molar-refractivity contribution in [2.75, 3.05) is 45.3 Å². The summed E-state index contributed by atoms with van der Waals surface area (Å²) in [6, 6.07) is 8.93. The summed E-state index contributed by atoms with van der Waals surface area (Å²) in [4.78, 5) is 7.05. The molecular weight excluding hydrogens is 416 g/mol. The smallest absolute Gasteiger partial charge is 0.247 e.